The van der Waals surface area contributed by atoms with Crippen molar-refractivity contribution in [3.8, 4) is 33.8 Å². The van der Waals surface area contributed by atoms with Crippen molar-refractivity contribution < 1.29 is 13.9 Å². The number of nitrogens with zero attached hydrogens (tertiary/aromatic N) is 4. The van der Waals surface area contributed by atoms with Crippen LogP contribution >= 0.6 is 0 Å². The average molecular weight is 524 g/mol. The first-order valence-corrected chi connectivity index (χ1v) is 12.7. The van der Waals surface area contributed by atoms with Gasteiger partial charge < -0.3 is 15.4 Å². The SMILES string of the molecule is OC(Nc1cncc(-c2ccc3[nH]nc(-c4nc5c(-c6cccc(F)c6)ccnc5[nH]4)c3c2F)c1)C1CCC1. The van der Waals surface area contributed by atoms with Crippen molar-refractivity contribution >= 4 is 27.8 Å². The molecule has 4 aromatic heterocycles. The van der Waals surface area contributed by atoms with E-state index in [0.717, 1.165) is 19.3 Å². The lowest BCUT2D eigenvalue weighted by molar-refractivity contribution is 0.0851. The molecule has 10 heteroatoms. The van der Waals surface area contributed by atoms with E-state index in [-0.39, 0.29) is 17.1 Å². The van der Waals surface area contributed by atoms with Crippen LogP contribution in [0.4, 0.5) is 14.5 Å². The van der Waals surface area contributed by atoms with Crippen molar-refractivity contribution in [1.29, 1.82) is 0 Å². The Morgan fingerprint density at radius 1 is 1.00 bits per heavy atom. The van der Waals surface area contributed by atoms with Crippen LogP contribution in [0.5, 0.6) is 0 Å². The van der Waals surface area contributed by atoms with Crippen LogP contribution in [0.1, 0.15) is 19.3 Å². The summed E-state index contributed by atoms with van der Waals surface area (Å²) >= 11 is 0. The van der Waals surface area contributed by atoms with Crippen molar-refractivity contribution in [2.75, 3.05) is 5.32 Å². The molecule has 1 fully saturated rings. The Bertz CT molecular complexity index is 1840. The summed E-state index contributed by atoms with van der Waals surface area (Å²) in [4.78, 5) is 16.5. The van der Waals surface area contributed by atoms with Crippen LogP contribution in [0.15, 0.2) is 67.1 Å². The second-order valence-electron chi connectivity index (χ2n) is 9.82. The Hall–Kier alpha value is -4.70. The van der Waals surface area contributed by atoms with E-state index in [9.17, 15) is 9.50 Å². The van der Waals surface area contributed by atoms with Gasteiger partial charge in [0.05, 0.1) is 22.8 Å². The molecule has 1 aliphatic rings. The number of benzene rings is 2. The van der Waals surface area contributed by atoms with E-state index in [1.54, 1.807) is 55.0 Å². The van der Waals surface area contributed by atoms with Gasteiger partial charge in [-0.3, -0.25) is 10.1 Å². The van der Waals surface area contributed by atoms with Gasteiger partial charge in [-0.1, -0.05) is 18.6 Å². The fourth-order valence-corrected chi connectivity index (χ4v) is 5.09. The zero-order valence-electron chi connectivity index (χ0n) is 20.6. The van der Waals surface area contributed by atoms with E-state index in [4.69, 9.17) is 4.98 Å². The Labute approximate surface area is 221 Å². The molecule has 1 atom stereocenters. The molecule has 39 heavy (non-hydrogen) atoms. The number of aromatic amines is 2. The summed E-state index contributed by atoms with van der Waals surface area (Å²) in [5.74, 6) is -0.281. The van der Waals surface area contributed by atoms with Gasteiger partial charge in [-0.2, -0.15) is 5.10 Å². The van der Waals surface area contributed by atoms with Crippen LogP contribution in [-0.2, 0) is 0 Å². The number of aromatic nitrogens is 6. The van der Waals surface area contributed by atoms with E-state index in [0.29, 0.717) is 56.1 Å². The fourth-order valence-electron chi connectivity index (χ4n) is 5.09. The third-order valence-electron chi connectivity index (χ3n) is 7.37. The van der Waals surface area contributed by atoms with Gasteiger partial charge in [0.15, 0.2) is 11.5 Å². The third-order valence-corrected chi connectivity index (χ3v) is 7.37. The Balaban J connectivity index is 1.29. The van der Waals surface area contributed by atoms with Crippen molar-refractivity contribution in [1.82, 2.24) is 30.1 Å². The van der Waals surface area contributed by atoms with Gasteiger partial charge in [-0.05, 0) is 54.8 Å². The molecule has 8 nitrogen and oxygen atoms in total. The summed E-state index contributed by atoms with van der Waals surface area (Å²) in [6.45, 7) is 0. The van der Waals surface area contributed by atoms with Gasteiger partial charge in [0.25, 0.3) is 0 Å². The smallest absolute Gasteiger partial charge is 0.161 e. The first kappa shape index (κ1) is 23.4. The molecule has 2 aromatic carbocycles. The summed E-state index contributed by atoms with van der Waals surface area (Å²) < 4.78 is 30.0. The molecule has 6 aromatic rings. The lowest BCUT2D eigenvalue weighted by Gasteiger charge is -2.31. The lowest BCUT2D eigenvalue weighted by atomic mass is 9.84. The minimum Gasteiger partial charge on any atom is -0.374 e. The molecule has 194 valence electrons. The van der Waals surface area contributed by atoms with Crippen LogP contribution in [0.3, 0.4) is 0 Å². The van der Waals surface area contributed by atoms with Crippen molar-refractivity contribution in [3.05, 3.63) is 78.8 Å². The molecule has 4 heterocycles. The summed E-state index contributed by atoms with van der Waals surface area (Å²) in [6.07, 6.45) is 7.23. The lowest BCUT2D eigenvalue weighted by Crippen LogP contribution is -2.33. The number of anilines is 1. The van der Waals surface area contributed by atoms with Gasteiger partial charge in [-0.25, -0.2) is 18.7 Å². The normalized spacial score (nSPS) is 14.5. The summed E-state index contributed by atoms with van der Waals surface area (Å²) in [6, 6.07) is 13.2. The maximum absolute atomic E-state index is 16.1. The number of imidazole rings is 1. The molecule has 0 radical (unpaired) electrons. The van der Waals surface area contributed by atoms with E-state index in [2.05, 4.69) is 30.5 Å². The third kappa shape index (κ3) is 4.09. The van der Waals surface area contributed by atoms with E-state index < -0.39 is 12.0 Å². The number of H-pyrrole nitrogens is 2. The van der Waals surface area contributed by atoms with Crippen LogP contribution in [0.2, 0.25) is 0 Å². The highest BCUT2D eigenvalue weighted by Crippen LogP contribution is 2.36. The Morgan fingerprint density at radius 3 is 2.72 bits per heavy atom. The molecule has 1 unspecified atom stereocenters. The number of aliphatic hydroxyl groups is 1. The molecule has 1 saturated carbocycles. The topological polar surface area (TPSA) is 115 Å². The quantitative estimate of drug-likeness (QED) is 0.198. The molecular weight excluding hydrogens is 500 g/mol. The van der Waals surface area contributed by atoms with E-state index in [1.165, 1.54) is 12.1 Å². The Kier molecular flexibility index (Phi) is 5.55. The predicted molar refractivity (Wildman–Crippen MR) is 145 cm³/mol. The number of hydrogen-bond donors (Lipinski definition) is 4. The van der Waals surface area contributed by atoms with Crippen molar-refractivity contribution in [2.24, 2.45) is 5.92 Å². The molecule has 1 aliphatic carbocycles. The summed E-state index contributed by atoms with van der Waals surface area (Å²) in [5.41, 5.74) is 4.69. The molecular formula is C29H23F2N7O. The average Bonchev–Trinajstić information content (AvgIpc) is 3.52. The van der Waals surface area contributed by atoms with Gasteiger partial charge in [0.1, 0.15) is 29.1 Å². The standard InChI is InChI=1S/C29H23F2N7O/c30-18-6-2-5-16(11-18)21-9-10-33-27-25(21)35-28(36-27)26-23-22(37-38-26)8-7-20(24(23)31)17-12-19(14-32-13-17)34-29(39)15-3-1-4-15/h2,5-15,29,34,39H,1,3-4H2,(H,37,38)(H,33,35,36). The zero-order valence-corrected chi connectivity index (χ0v) is 20.6. The fraction of sp³-hybridized carbons (Fsp3) is 0.172. The number of fused-ring (bicyclic) bond motifs is 2. The minimum absolute atomic E-state index is 0.218. The highest BCUT2D eigenvalue weighted by molar-refractivity contribution is 5.98. The van der Waals surface area contributed by atoms with Crippen LogP contribution < -0.4 is 5.32 Å². The second-order valence-corrected chi connectivity index (χ2v) is 9.82. The summed E-state index contributed by atoms with van der Waals surface area (Å²) in [5, 5.41) is 21.0. The predicted octanol–water partition coefficient (Wildman–Crippen LogP) is 6.04. The van der Waals surface area contributed by atoms with Gasteiger partial charge in [0.2, 0.25) is 0 Å². The highest BCUT2D eigenvalue weighted by atomic mass is 19.1. The number of halogens is 2. The number of nitrogens with one attached hydrogen (secondary N) is 3. The number of aliphatic hydroxyl groups excluding tert-OH is 1. The second kappa shape index (κ2) is 9.25. The first-order valence-electron chi connectivity index (χ1n) is 12.7. The molecule has 0 bridgehead atoms. The molecule has 4 N–H and O–H groups in total. The molecule has 0 amide bonds. The van der Waals surface area contributed by atoms with Crippen LogP contribution in [0, 0.1) is 17.6 Å². The molecule has 0 spiro atoms. The molecule has 0 aliphatic heterocycles. The van der Waals surface area contributed by atoms with E-state index >= 15 is 4.39 Å². The monoisotopic (exact) mass is 523 g/mol. The van der Waals surface area contributed by atoms with E-state index in [1.807, 2.05) is 0 Å². The largest absolute Gasteiger partial charge is 0.374 e. The number of pyridine rings is 2. The van der Waals surface area contributed by atoms with Gasteiger partial charge >= 0.3 is 0 Å². The Morgan fingerprint density at radius 2 is 1.90 bits per heavy atom. The minimum atomic E-state index is -0.664. The highest BCUT2D eigenvalue weighted by Gasteiger charge is 2.26. The summed E-state index contributed by atoms with van der Waals surface area (Å²) in [7, 11) is 0. The zero-order chi connectivity index (χ0) is 26.5. The van der Waals surface area contributed by atoms with Gasteiger partial charge in [0, 0.05) is 35.0 Å². The molecule has 0 saturated heterocycles. The van der Waals surface area contributed by atoms with Crippen LogP contribution in [-0.4, -0.2) is 41.5 Å². The maximum atomic E-state index is 16.1. The van der Waals surface area contributed by atoms with Crippen LogP contribution in [0.25, 0.3) is 55.8 Å². The first-order chi connectivity index (χ1) is 19.0. The number of hydrogen-bond acceptors (Lipinski definition) is 6. The number of rotatable bonds is 6. The van der Waals surface area contributed by atoms with Crippen molar-refractivity contribution in [3.63, 3.8) is 0 Å². The maximum Gasteiger partial charge on any atom is 0.161 e. The van der Waals surface area contributed by atoms with Gasteiger partial charge in [-0.15, -0.1) is 0 Å². The van der Waals surface area contributed by atoms with Crippen molar-refractivity contribution in [2.45, 2.75) is 25.5 Å². The molecule has 7 rings (SSSR count).